The highest BCUT2D eigenvalue weighted by atomic mass is 16.5. The van der Waals surface area contributed by atoms with Gasteiger partial charge in [0, 0.05) is 19.5 Å². The Kier molecular flexibility index (Phi) is 3.72. The van der Waals surface area contributed by atoms with E-state index >= 15 is 0 Å². The zero-order valence-corrected chi connectivity index (χ0v) is 11.8. The molecule has 0 atom stereocenters. The average Bonchev–Trinajstić information content (AvgIpc) is 3.07. The van der Waals surface area contributed by atoms with E-state index in [9.17, 15) is 4.79 Å². The number of imidazole rings is 1. The second-order valence-corrected chi connectivity index (χ2v) is 5.67. The average molecular weight is 272 g/mol. The van der Waals surface area contributed by atoms with E-state index in [1.165, 1.54) is 25.7 Å². The predicted molar refractivity (Wildman–Crippen MR) is 77.5 cm³/mol. The molecule has 1 aliphatic carbocycles. The maximum Gasteiger partial charge on any atom is 0.311 e. The summed E-state index contributed by atoms with van der Waals surface area (Å²) in [5, 5.41) is 0. The lowest BCUT2D eigenvalue weighted by Crippen LogP contribution is -2.09. The van der Waals surface area contributed by atoms with E-state index in [0.717, 1.165) is 23.4 Å². The Morgan fingerprint density at radius 3 is 3.00 bits per heavy atom. The van der Waals surface area contributed by atoms with Crippen molar-refractivity contribution in [2.45, 2.75) is 38.5 Å². The van der Waals surface area contributed by atoms with Crippen LogP contribution >= 0.6 is 0 Å². The van der Waals surface area contributed by atoms with E-state index in [2.05, 4.69) is 4.98 Å². The topological polar surface area (TPSA) is 44.1 Å². The molecule has 0 N–H and O–H groups in total. The van der Waals surface area contributed by atoms with Crippen LogP contribution in [0.2, 0.25) is 0 Å². The molecule has 0 saturated heterocycles. The van der Waals surface area contributed by atoms with Crippen LogP contribution in [0.1, 0.15) is 38.5 Å². The number of aromatic nitrogens is 2. The summed E-state index contributed by atoms with van der Waals surface area (Å²) in [6.07, 6.45) is 8.42. The van der Waals surface area contributed by atoms with Gasteiger partial charge < -0.3 is 9.30 Å². The van der Waals surface area contributed by atoms with E-state index in [1.54, 1.807) is 6.33 Å². The molecule has 1 aliphatic rings. The number of nitrogens with zero attached hydrogens (tertiary/aromatic N) is 2. The summed E-state index contributed by atoms with van der Waals surface area (Å²) in [5.74, 6) is 1.18. The van der Waals surface area contributed by atoms with Crippen LogP contribution in [0.5, 0.6) is 5.75 Å². The van der Waals surface area contributed by atoms with Crippen LogP contribution in [0, 0.1) is 5.92 Å². The second kappa shape index (κ2) is 5.65. The molecule has 106 valence electrons. The minimum absolute atomic E-state index is 0.132. The molecule has 1 heterocycles. The van der Waals surface area contributed by atoms with Crippen molar-refractivity contribution >= 4 is 17.0 Å². The van der Waals surface area contributed by atoms with Gasteiger partial charge in [0.1, 0.15) is 5.75 Å². The van der Waals surface area contributed by atoms with Crippen molar-refractivity contribution in [3.05, 3.63) is 24.5 Å². The van der Waals surface area contributed by atoms with Gasteiger partial charge in [-0.2, -0.15) is 0 Å². The summed E-state index contributed by atoms with van der Waals surface area (Å²) in [5.41, 5.74) is 1.89. The highest BCUT2D eigenvalue weighted by molar-refractivity contribution is 5.79. The van der Waals surface area contributed by atoms with E-state index in [0.29, 0.717) is 12.2 Å². The Morgan fingerprint density at radius 2 is 2.20 bits per heavy atom. The molecule has 0 amide bonds. The Hall–Kier alpha value is -1.84. The normalized spacial score (nSPS) is 15.8. The lowest BCUT2D eigenvalue weighted by Gasteiger charge is -2.08. The van der Waals surface area contributed by atoms with Gasteiger partial charge in [-0.3, -0.25) is 4.79 Å². The van der Waals surface area contributed by atoms with Crippen LogP contribution < -0.4 is 4.74 Å². The minimum atomic E-state index is -0.132. The third-order valence-electron chi connectivity index (χ3n) is 4.16. The third kappa shape index (κ3) is 2.84. The largest absolute Gasteiger partial charge is 0.426 e. The number of carbonyl (C=O) groups is 1. The predicted octanol–water partition coefficient (Wildman–Crippen LogP) is 3.45. The molecule has 1 saturated carbocycles. The molecule has 0 bridgehead atoms. The number of carbonyl (C=O) groups excluding carboxylic acids is 1. The fraction of sp³-hybridized carbons (Fsp3) is 0.500. The Morgan fingerprint density at radius 1 is 1.40 bits per heavy atom. The zero-order valence-electron chi connectivity index (χ0n) is 11.8. The number of hydrogen-bond acceptors (Lipinski definition) is 3. The van der Waals surface area contributed by atoms with Crippen LogP contribution in [0.25, 0.3) is 11.0 Å². The first-order valence-corrected chi connectivity index (χ1v) is 7.34. The van der Waals surface area contributed by atoms with Gasteiger partial charge in [0.05, 0.1) is 17.4 Å². The number of esters is 1. The van der Waals surface area contributed by atoms with Crippen molar-refractivity contribution in [1.82, 2.24) is 9.55 Å². The first-order chi connectivity index (χ1) is 9.72. The molecule has 4 heteroatoms. The van der Waals surface area contributed by atoms with Crippen LogP contribution in [-0.4, -0.2) is 15.5 Å². The van der Waals surface area contributed by atoms with E-state index in [-0.39, 0.29) is 5.97 Å². The molecule has 2 aromatic rings. The molecule has 1 aromatic carbocycles. The molecule has 0 radical (unpaired) electrons. The summed E-state index contributed by atoms with van der Waals surface area (Å²) < 4.78 is 7.35. The van der Waals surface area contributed by atoms with Gasteiger partial charge in [-0.05, 0) is 24.5 Å². The van der Waals surface area contributed by atoms with Crippen LogP contribution in [0.4, 0.5) is 0 Å². The van der Waals surface area contributed by atoms with E-state index in [4.69, 9.17) is 4.74 Å². The van der Waals surface area contributed by atoms with Crippen molar-refractivity contribution in [3.8, 4) is 5.75 Å². The highest BCUT2D eigenvalue weighted by Gasteiger charge is 2.17. The van der Waals surface area contributed by atoms with Crippen molar-refractivity contribution in [3.63, 3.8) is 0 Å². The maximum absolute atomic E-state index is 11.9. The number of hydrogen-bond donors (Lipinski definition) is 0. The smallest absolute Gasteiger partial charge is 0.311 e. The minimum Gasteiger partial charge on any atom is -0.426 e. The molecule has 20 heavy (non-hydrogen) atoms. The van der Waals surface area contributed by atoms with Crippen molar-refractivity contribution in [2.75, 3.05) is 0 Å². The molecule has 4 nitrogen and oxygen atoms in total. The van der Waals surface area contributed by atoms with Crippen molar-refractivity contribution in [1.29, 1.82) is 0 Å². The molecule has 0 unspecified atom stereocenters. The molecule has 0 spiro atoms. The monoisotopic (exact) mass is 272 g/mol. The summed E-state index contributed by atoms with van der Waals surface area (Å²) in [6, 6.07) is 5.59. The zero-order chi connectivity index (χ0) is 13.9. The maximum atomic E-state index is 11.9. The number of fused-ring (bicyclic) bond motifs is 1. The van der Waals surface area contributed by atoms with Crippen LogP contribution in [0.15, 0.2) is 24.5 Å². The van der Waals surface area contributed by atoms with Gasteiger partial charge in [0.25, 0.3) is 0 Å². The fourth-order valence-corrected chi connectivity index (χ4v) is 2.98. The lowest BCUT2D eigenvalue weighted by atomic mass is 10.0. The lowest BCUT2D eigenvalue weighted by molar-refractivity contribution is -0.134. The Bertz CT molecular complexity index is 612. The van der Waals surface area contributed by atoms with E-state index < -0.39 is 0 Å². The summed E-state index contributed by atoms with van der Waals surface area (Å²) in [7, 11) is 1.95. The van der Waals surface area contributed by atoms with Crippen LogP contribution in [0.3, 0.4) is 0 Å². The number of ether oxygens (including phenoxy) is 1. The standard InChI is InChI=1S/C16H20N2O2/c1-18-11-17-14-10-13(7-8-15(14)18)20-16(19)9-6-12-4-2-3-5-12/h7-8,10-12H,2-6,9H2,1H3. The summed E-state index contributed by atoms with van der Waals surface area (Å²) in [6.45, 7) is 0. The molecule has 1 aromatic heterocycles. The SMILES string of the molecule is Cn1cnc2cc(OC(=O)CCC3CCCC3)ccc21. The molecular weight excluding hydrogens is 252 g/mol. The number of aryl methyl sites for hydroxylation is 1. The van der Waals surface area contributed by atoms with Crippen LogP contribution in [-0.2, 0) is 11.8 Å². The Balaban J connectivity index is 1.58. The van der Waals surface area contributed by atoms with Gasteiger partial charge >= 0.3 is 5.97 Å². The second-order valence-electron chi connectivity index (χ2n) is 5.67. The highest BCUT2D eigenvalue weighted by Crippen LogP contribution is 2.28. The van der Waals surface area contributed by atoms with Crippen molar-refractivity contribution < 1.29 is 9.53 Å². The van der Waals surface area contributed by atoms with Gasteiger partial charge in [-0.1, -0.05) is 25.7 Å². The van der Waals surface area contributed by atoms with Gasteiger partial charge in [-0.25, -0.2) is 4.98 Å². The summed E-state index contributed by atoms with van der Waals surface area (Å²) >= 11 is 0. The molecule has 3 rings (SSSR count). The van der Waals surface area contributed by atoms with Gasteiger partial charge in [0.15, 0.2) is 0 Å². The Labute approximate surface area is 118 Å². The third-order valence-corrected chi connectivity index (χ3v) is 4.16. The molecular formula is C16H20N2O2. The molecule has 0 aliphatic heterocycles. The fourth-order valence-electron chi connectivity index (χ4n) is 2.98. The van der Waals surface area contributed by atoms with E-state index in [1.807, 2.05) is 29.8 Å². The summed E-state index contributed by atoms with van der Waals surface area (Å²) in [4.78, 5) is 16.1. The van der Waals surface area contributed by atoms with Crippen molar-refractivity contribution in [2.24, 2.45) is 13.0 Å². The first kappa shape index (κ1) is 13.2. The quantitative estimate of drug-likeness (QED) is 0.632. The molecule has 1 fully saturated rings. The number of benzene rings is 1. The van der Waals surface area contributed by atoms with Gasteiger partial charge in [-0.15, -0.1) is 0 Å². The number of rotatable bonds is 4. The first-order valence-electron chi connectivity index (χ1n) is 7.34. The van der Waals surface area contributed by atoms with Gasteiger partial charge in [0.2, 0.25) is 0 Å².